The van der Waals surface area contributed by atoms with E-state index in [9.17, 15) is 14.4 Å². The Labute approximate surface area is 234 Å². The summed E-state index contributed by atoms with van der Waals surface area (Å²) >= 11 is 0. The minimum Gasteiger partial charge on any atom is -0.493 e. The number of hydrogen-bond donors (Lipinski definition) is 4. The topological polar surface area (TPSA) is 123 Å². The van der Waals surface area contributed by atoms with Gasteiger partial charge in [-0.3, -0.25) is 19.6 Å². The van der Waals surface area contributed by atoms with E-state index in [1.807, 2.05) is 43.4 Å². The van der Waals surface area contributed by atoms with E-state index in [4.69, 9.17) is 9.94 Å². The molecule has 40 heavy (non-hydrogen) atoms. The number of hydrogen-bond acceptors (Lipinski definition) is 7. The van der Waals surface area contributed by atoms with Crippen LogP contribution in [0.1, 0.15) is 22.3 Å². The SMILES string of the molecule is CNC(=O)C(C(=O)NO)N(C)C(=O)c1ccc(-c2ccc(OCCCN(C)Cc3ccccc3)cc2NC)cc1. The van der Waals surface area contributed by atoms with E-state index >= 15 is 0 Å². The zero-order chi connectivity index (χ0) is 29.1. The summed E-state index contributed by atoms with van der Waals surface area (Å²) in [6, 6.07) is 21.5. The Bertz CT molecular complexity index is 1270. The Morgan fingerprint density at radius 2 is 1.62 bits per heavy atom. The highest BCUT2D eigenvalue weighted by Gasteiger charge is 2.33. The molecule has 1 atom stereocenters. The number of hydroxylamine groups is 1. The third kappa shape index (κ3) is 7.81. The molecule has 0 heterocycles. The molecule has 3 amide bonds. The van der Waals surface area contributed by atoms with Crippen molar-refractivity contribution in [1.82, 2.24) is 20.6 Å². The van der Waals surface area contributed by atoms with Crippen LogP contribution in [0.15, 0.2) is 72.8 Å². The van der Waals surface area contributed by atoms with Gasteiger partial charge < -0.3 is 25.2 Å². The molecule has 1 unspecified atom stereocenters. The van der Waals surface area contributed by atoms with Crippen LogP contribution in [0.5, 0.6) is 5.75 Å². The van der Waals surface area contributed by atoms with Crippen molar-refractivity contribution < 1.29 is 24.3 Å². The highest BCUT2D eigenvalue weighted by molar-refractivity contribution is 6.08. The van der Waals surface area contributed by atoms with Gasteiger partial charge in [0.25, 0.3) is 17.7 Å². The predicted octanol–water partition coefficient (Wildman–Crippen LogP) is 2.99. The predicted molar refractivity (Wildman–Crippen MR) is 154 cm³/mol. The Balaban J connectivity index is 1.61. The molecule has 3 rings (SSSR count). The lowest BCUT2D eigenvalue weighted by atomic mass is 10.0. The second-order valence-corrected chi connectivity index (χ2v) is 9.37. The molecule has 0 aromatic heterocycles. The van der Waals surface area contributed by atoms with E-state index in [1.165, 1.54) is 25.1 Å². The van der Waals surface area contributed by atoms with Crippen molar-refractivity contribution in [3.05, 3.63) is 83.9 Å². The Morgan fingerprint density at radius 3 is 2.25 bits per heavy atom. The number of benzene rings is 3. The van der Waals surface area contributed by atoms with Gasteiger partial charge in [-0.05, 0) is 48.9 Å². The number of rotatable bonds is 13. The van der Waals surface area contributed by atoms with E-state index in [0.717, 1.165) is 47.0 Å². The molecule has 3 aromatic carbocycles. The van der Waals surface area contributed by atoms with Crippen LogP contribution in [0.4, 0.5) is 5.69 Å². The Kier molecular flexibility index (Phi) is 11.0. The van der Waals surface area contributed by atoms with E-state index < -0.39 is 23.8 Å². The van der Waals surface area contributed by atoms with Gasteiger partial charge in [-0.2, -0.15) is 0 Å². The number of anilines is 1. The second-order valence-electron chi connectivity index (χ2n) is 9.37. The standard InChI is InChI=1S/C30H37N5O5/c1-31-26-19-24(40-18-8-17-34(3)20-21-9-6-5-7-10-21)15-16-25(26)22-11-13-23(14-12-22)30(38)35(4)27(28(36)32-2)29(37)33-39/h5-7,9-16,19,27,31,39H,8,17-18,20H2,1-4H3,(H,32,36)(H,33,37). The van der Waals surface area contributed by atoms with E-state index in [0.29, 0.717) is 6.61 Å². The van der Waals surface area contributed by atoms with Crippen molar-refractivity contribution >= 4 is 23.4 Å². The molecule has 3 aromatic rings. The monoisotopic (exact) mass is 547 g/mol. The molecule has 10 heteroatoms. The fraction of sp³-hybridized carbons (Fsp3) is 0.300. The molecule has 0 aliphatic heterocycles. The van der Waals surface area contributed by atoms with Gasteiger partial charge in [-0.1, -0.05) is 42.5 Å². The quantitative estimate of drug-likeness (QED) is 0.112. The Hall–Kier alpha value is -4.41. The van der Waals surface area contributed by atoms with Crippen molar-refractivity contribution in [3.63, 3.8) is 0 Å². The number of amides is 3. The summed E-state index contributed by atoms with van der Waals surface area (Å²) < 4.78 is 6.00. The van der Waals surface area contributed by atoms with Crippen molar-refractivity contribution in [3.8, 4) is 16.9 Å². The van der Waals surface area contributed by atoms with Crippen LogP contribution < -0.4 is 20.9 Å². The molecule has 0 aliphatic rings. The summed E-state index contributed by atoms with van der Waals surface area (Å²) in [5, 5.41) is 14.5. The van der Waals surface area contributed by atoms with E-state index in [-0.39, 0.29) is 5.56 Å². The molecule has 212 valence electrons. The zero-order valence-electron chi connectivity index (χ0n) is 23.3. The van der Waals surface area contributed by atoms with Gasteiger partial charge in [-0.15, -0.1) is 0 Å². The molecule has 0 aliphatic carbocycles. The van der Waals surface area contributed by atoms with Crippen molar-refractivity contribution in [1.29, 1.82) is 0 Å². The van der Waals surface area contributed by atoms with Crippen molar-refractivity contribution in [2.24, 2.45) is 0 Å². The van der Waals surface area contributed by atoms with Crippen LogP contribution in [0.25, 0.3) is 11.1 Å². The lowest BCUT2D eigenvalue weighted by molar-refractivity contribution is -0.140. The zero-order valence-corrected chi connectivity index (χ0v) is 23.3. The molecule has 0 saturated heterocycles. The third-order valence-electron chi connectivity index (χ3n) is 6.51. The lowest BCUT2D eigenvalue weighted by Crippen LogP contribution is -2.54. The van der Waals surface area contributed by atoms with Crippen LogP contribution in [-0.2, 0) is 16.1 Å². The minimum atomic E-state index is -1.52. The first-order valence-corrected chi connectivity index (χ1v) is 13.0. The smallest absolute Gasteiger partial charge is 0.275 e. The van der Waals surface area contributed by atoms with Gasteiger partial charge in [0.15, 0.2) is 6.04 Å². The average Bonchev–Trinajstić information content (AvgIpc) is 2.99. The number of carbonyl (C=O) groups excluding carboxylic acids is 3. The van der Waals surface area contributed by atoms with Crippen molar-refractivity contribution in [2.45, 2.75) is 19.0 Å². The number of ether oxygens (including phenoxy) is 1. The summed E-state index contributed by atoms with van der Waals surface area (Å²) in [4.78, 5) is 40.3. The maximum absolute atomic E-state index is 13.0. The highest BCUT2D eigenvalue weighted by Crippen LogP contribution is 2.32. The summed E-state index contributed by atoms with van der Waals surface area (Å²) in [7, 11) is 6.60. The largest absolute Gasteiger partial charge is 0.493 e. The van der Waals surface area contributed by atoms with Crippen LogP contribution in [-0.4, -0.2) is 80.1 Å². The first-order valence-electron chi connectivity index (χ1n) is 13.0. The number of nitrogens with one attached hydrogen (secondary N) is 3. The van der Waals surface area contributed by atoms with Gasteiger partial charge in [-0.25, -0.2) is 5.48 Å². The molecular formula is C30H37N5O5. The molecule has 10 nitrogen and oxygen atoms in total. The fourth-order valence-electron chi connectivity index (χ4n) is 4.35. The van der Waals surface area contributed by atoms with Crippen LogP contribution in [0.2, 0.25) is 0 Å². The minimum absolute atomic E-state index is 0.286. The van der Waals surface area contributed by atoms with Crippen LogP contribution in [0.3, 0.4) is 0 Å². The number of likely N-dealkylation sites (N-methyl/N-ethyl adjacent to an activating group) is 2. The fourth-order valence-corrected chi connectivity index (χ4v) is 4.35. The van der Waals surface area contributed by atoms with Gasteiger partial charge in [0.05, 0.1) is 6.61 Å². The molecule has 0 spiro atoms. The van der Waals surface area contributed by atoms with E-state index in [1.54, 1.807) is 24.3 Å². The van der Waals surface area contributed by atoms with E-state index in [2.05, 4.69) is 34.7 Å². The lowest BCUT2D eigenvalue weighted by Gasteiger charge is -2.25. The second kappa shape index (κ2) is 14.7. The third-order valence-corrected chi connectivity index (χ3v) is 6.51. The maximum Gasteiger partial charge on any atom is 0.275 e. The average molecular weight is 548 g/mol. The van der Waals surface area contributed by atoms with Crippen LogP contribution in [0, 0.1) is 0 Å². The molecule has 4 N–H and O–H groups in total. The van der Waals surface area contributed by atoms with Gasteiger partial charge >= 0.3 is 0 Å². The Morgan fingerprint density at radius 1 is 0.925 bits per heavy atom. The van der Waals surface area contributed by atoms with Gasteiger partial charge in [0.2, 0.25) is 0 Å². The summed E-state index contributed by atoms with van der Waals surface area (Å²) in [5.74, 6) is -1.52. The molecular weight excluding hydrogens is 510 g/mol. The first-order chi connectivity index (χ1) is 19.3. The molecule has 0 saturated carbocycles. The highest BCUT2D eigenvalue weighted by atomic mass is 16.5. The molecule has 0 radical (unpaired) electrons. The van der Waals surface area contributed by atoms with Gasteiger partial charge in [0.1, 0.15) is 5.75 Å². The maximum atomic E-state index is 13.0. The number of nitrogens with zero attached hydrogens (tertiary/aromatic N) is 2. The summed E-state index contributed by atoms with van der Waals surface area (Å²) in [6.45, 7) is 2.41. The first kappa shape index (κ1) is 30.1. The molecule has 0 fully saturated rings. The summed E-state index contributed by atoms with van der Waals surface area (Å²) in [6.07, 6.45) is 0.893. The van der Waals surface area contributed by atoms with Crippen molar-refractivity contribution in [2.75, 3.05) is 46.7 Å². The number of carbonyl (C=O) groups is 3. The molecule has 0 bridgehead atoms. The normalized spacial score (nSPS) is 11.4. The van der Waals surface area contributed by atoms with Gasteiger partial charge in [0, 0.05) is 57.1 Å². The summed E-state index contributed by atoms with van der Waals surface area (Å²) in [5.41, 5.74) is 5.66. The van der Waals surface area contributed by atoms with Crippen LogP contribution >= 0.6 is 0 Å².